The minimum absolute atomic E-state index is 0.0352. The third-order valence-corrected chi connectivity index (χ3v) is 8.66. The number of amides is 1. The molecule has 0 atom stereocenters. The number of benzene rings is 2. The first-order valence-electron chi connectivity index (χ1n) is 12.3. The third-order valence-electron chi connectivity index (χ3n) is 6.54. The van der Waals surface area contributed by atoms with Gasteiger partial charge in [0.25, 0.3) is 5.91 Å². The number of carbonyl (C=O) groups excluding carboxylic acids is 1. The number of fused-ring (bicyclic) bond motifs is 2. The molecule has 0 spiro atoms. The number of rotatable bonds is 8. The average Bonchev–Trinajstić information content (AvgIpc) is 3.56. The number of thiophene rings is 1. The van der Waals surface area contributed by atoms with Gasteiger partial charge in [0.05, 0.1) is 31.9 Å². The number of pyridine rings is 1. The molecule has 0 aliphatic carbocycles. The van der Waals surface area contributed by atoms with Gasteiger partial charge in [-0.25, -0.2) is 9.97 Å². The Kier molecular flexibility index (Phi) is 7.14. The lowest BCUT2D eigenvalue weighted by atomic mass is 10.1. The quantitative estimate of drug-likeness (QED) is 0.220. The molecule has 0 saturated carbocycles. The van der Waals surface area contributed by atoms with Crippen LogP contribution in [0.4, 0.5) is 5.13 Å². The zero-order valence-electron chi connectivity index (χ0n) is 21.1. The largest absolute Gasteiger partial charge is 0.302 e. The molecule has 36 heavy (non-hydrogen) atoms. The molecule has 0 fully saturated rings. The van der Waals surface area contributed by atoms with Gasteiger partial charge in [0.15, 0.2) is 5.13 Å². The second kappa shape index (κ2) is 10.5. The van der Waals surface area contributed by atoms with E-state index < -0.39 is 0 Å². The van der Waals surface area contributed by atoms with Crippen LogP contribution in [0.1, 0.15) is 35.3 Å². The molecular formula is C29H30N4OS2. The molecule has 5 aromatic rings. The predicted molar refractivity (Wildman–Crippen MR) is 154 cm³/mol. The molecule has 5 nitrogen and oxygen atoms in total. The first-order valence-corrected chi connectivity index (χ1v) is 14.0. The Balaban J connectivity index is 1.64. The molecule has 184 valence electrons. The van der Waals surface area contributed by atoms with Gasteiger partial charge in [-0.15, -0.1) is 11.3 Å². The zero-order valence-corrected chi connectivity index (χ0v) is 22.7. The van der Waals surface area contributed by atoms with Gasteiger partial charge in [0.2, 0.25) is 0 Å². The number of hydrogen-bond donors (Lipinski definition) is 0. The van der Waals surface area contributed by atoms with Crippen molar-refractivity contribution in [3.05, 3.63) is 76.7 Å². The molecule has 7 heteroatoms. The maximum absolute atomic E-state index is 14.3. The summed E-state index contributed by atoms with van der Waals surface area (Å²) in [5.74, 6) is -0.0352. The molecule has 0 aliphatic heterocycles. The highest BCUT2D eigenvalue weighted by Crippen LogP contribution is 2.34. The Bertz CT molecular complexity index is 1520. The van der Waals surface area contributed by atoms with Crippen LogP contribution < -0.4 is 4.90 Å². The van der Waals surface area contributed by atoms with E-state index in [1.165, 1.54) is 11.1 Å². The number of likely N-dealkylation sites (N-methyl/N-ethyl adjacent to an activating group) is 1. The smallest absolute Gasteiger partial charge is 0.260 e. The lowest BCUT2D eigenvalue weighted by molar-refractivity contribution is 0.0985. The van der Waals surface area contributed by atoms with Gasteiger partial charge in [-0.2, -0.15) is 0 Å². The van der Waals surface area contributed by atoms with Gasteiger partial charge in [-0.3, -0.25) is 9.69 Å². The van der Waals surface area contributed by atoms with Crippen LogP contribution in [0.2, 0.25) is 0 Å². The maximum Gasteiger partial charge on any atom is 0.260 e. The van der Waals surface area contributed by atoms with Gasteiger partial charge in [-0.05, 0) is 67.7 Å². The SMILES string of the molecule is CCN(CC)CCN(C(=O)c1cc(-c2cccs2)nc2ccccc12)c1nc2cc(C)cc(C)c2s1. The summed E-state index contributed by atoms with van der Waals surface area (Å²) in [5.41, 5.74) is 5.64. The normalized spacial score (nSPS) is 11.6. The van der Waals surface area contributed by atoms with Crippen LogP contribution in [0.5, 0.6) is 0 Å². The fourth-order valence-corrected chi connectivity index (χ4v) is 6.32. The van der Waals surface area contributed by atoms with Crippen LogP contribution in [0, 0.1) is 13.8 Å². The van der Waals surface area contributed by atoms with Crippen molar-refractivity contribution in [1.82, 2.24) is 14.9 Å². The van der Waals surface area contributed by atoms with Crippen molar-refractivity contribution in [3.63, 3.8) is 0 Å². The highest BCUT2D eigenvalue weighted by atomic mass is 32.1. The molecule has 5 rings (SSSR count). The second-order valence-electron chi connectivity index (χ2n) is 8.96. The molecule has 0 aliphatic rings. The van der Waals surface area contributed by atoms with Crippen molar-refractivity contribution in [2.45, 2.75) is 27.7 Å². The van der Waals surface area contributed by atoms with E-state index in [1.54, 1.807) is 22.7 Å². The summed E-state index contributed by atoms with van der Waals surface area (Å²) in [4.78, 5) is 29.4. The van der Waals surface area contributed by atoms with E-state index in [2.05, 4.69) is 44.7 Å². The van der Waals surface area contributed by atoms with E-state index in [1.807, 2.05) is 52.7 Å². The van der Waals surface area contributed by atoms with E-state index in [4.69, 9.17) is 9.97 Å². The molecule has 0 unspecified atom stereocenters. The predicted octanol–water partition coefficient (Wildman–Crippen LogP) is 7.18. The van der Waals surface area contributed by atoms with Crippen LogP contribution >= 0.6 is 22.7 Å². The van der Waals surface area contributed by atoms with Crippen molar-refractivity contribution in [1.29, 1.82) is 0 Å². The summed E-state index contributed by atoms with van der Waals surface area (Å²) in [7, 11) is 0. The van der Waals surface area contributed by atoms with Crippen molar-refractivity contribution < 1.29 is 4.79 Å². The maximum atomic E-state index is 14.3. The average molecular weight is 515 g/mol. The molecule has 2 aromatic carbocycles. The number of aromatic nitrogens is 2. The van der Waals surface area contributed by atoms with E-state index in [9.17, 15) is 4.79 Å². The number of para-hydroxylation sites is 1. The molecule has 0 radical (unpaired) electrons. The van der Waals surface area contributed by atoms with Crippen LogP contribution in [-0.2, 0) is 0 Å². The number of aryl methyl sites for hydroxylation is 2. The number of anilines is 1. The highest BCUT2D eigenvalue weighted by Gasteiger charge is 2.25. The summed E-state index contributed by atoms with van der Waals surface area (Å²) in [5, 5.41) is 3.65. The summed E-state index contributed by atoms with van der Waals surface area (Å²) < 4.78 is 1.13. The van der Waals surface area contributed by atoms with E-state index in [0.29, 0.717) is 12.1 Å². The lowest BCUT2D eigenvalue weighted by Gasteiger charge is -2.25. The molecule has 0 N–H and O–H groups in total. The summed E-state index contributed by atoms with van der Waals surface area (Å²) >= 11 is 3.23. The van der Waals surface area contributed by atoms with Gasteiger partial charge in [0.1, 0.15) is 0 Å². The number of hydrogen-bond acceptors (Lipinski definition) is 6. The first kappa shape index (κ1) is 24.6. The minimum atomic E-state index is -0.0352. The second-order valence-corrected chi connectivity index (χ2v) is 10.9. The van der Waals surface area contributed by atoms with Crippen LogP contribution in [0.15, 0.2) is 60.0 Å². The fourth-order valence-electron chi connectivity index (χ4n) is 4.59. The van der Waals surface area contributed by atoms with Crippen LogP contribution in [0.3, 0.4) is 0 Å². The molecule has 0 bridgehead atoms. The number of carbonyl (C=O) groups is 1. The van der Waals surface area contributed by atoms with Gasteiger partial charge >= 0.3 is 0 Å². The Morgan fingerprint density at radius 2 is 1.72 bits per heavy atom. The molecule has 0 saturated heterocycles. The fraction of sp³-hybridized carbons (Fsp3) is 0.276. The highest BCUT2D eigenvalue weighted by molar-refractivity contribution is 7.22. The van der Waals surface area contributed by atoms with Crippen molar-refractivity contribution >= 4 is 54.8 Å². The summed E-state index contributed by atoms with van der Waals surface area (Å²) in [6.45, 7) is 11.8. The summed E-state index contributed by atoms with van der Waals surface area (Å²) in [6, 6.07) is 18.2. The van der Waals surface area contributed by atoms with E-state index >= 15 is 0 Å². The molecule has 1 amide bonds. The Hall–Kier alpha value is -3.13. The molecule has 3 heterocycles. The number of nitrogens with zero attached hydrogens (tertiary/aromatic N) is 4. The monoisotopic (exact) mass is 514 g/mol. The van der Waals surface area contributed by atoms with E-state index in [-0.39, 0.29) is 5.91 Å². The Morgan fingerprint density at radius 1 is 0.917 bits per heavy atom. The van der Waals surface area contributed by atoms with E-state index in [0.717, 1.165) is 56.5 Å². The van der Waals surface area contributed by atoms with Gasteiger partial charge in [-0.1, -0.05) is 55.5 Å². The third kappa shape index (κ3) is 4.78. The summed E-state index contributed by atoms with van der Waals surface area (Å²) in [6.07, 6.45) is 0. The van der Waals surface area contributed by atoms with Crippen LogP contribution in [0.25, 0.3) is 31.7 Å². The zero-order chi connectivity index (χ0) is 25.2. The molecular weight excluding hydrogens is 484 g/mol. The standard InChI is InChI=1S/C29H30N4OS2/c1-5-32(6-2)13-14-33(29-31-25-17-19(3)16-20(4)27(25)36-29)28(34)22-18-24(26-12-9-15-35-26)30-23-11-8-7-10-21(22)23/h7-12,15-18H,5-6,13-14H2,1-4H3. The topological polar surface area (TPSA) is 49.3 Å². The first-order chi connectivity index (χ1) is 17.5. The van der Waals surface area contributed by atoms with Crippen molar-refractivity contribution in [2.75, 3.05) is 31.1 Å². The minimum Gasteiger partial charge on any atom is -0.302 e. The van der Waals surface area contributed by atoms with Gasteiger partial charge in [0, 0.05) is 18.5 Å². The molecule has 3 aromatic heterocycles. The van der Waals surface area contributed by atoms with Crippen molar-refractivity contribution in [3.8, 4) is 10.6 Å². The Labute approximate surface area is 220 Å². The Morgan fingerprint density at radius 3 is 2.47 bits per heavy atom. The number of thiazole rings is 1. The van der Waals surface area contributed by atoms with Crippen LogP contribution in [-0.4, -0.2) is 47.0 Å². The lowest BCUT2D eigenvalue weighted by Crippen LogP contribution is -2.39. The van der Waals surface area contributed by atoms with Crippen molar-refractivity contribution in [2.24, 2.45) is 0 Å². The van der Waals surface area contributed by atoms with Gasteiger partial charge < -0.3 is 4.90 Å².